The molecule has 0 radical (unpaired) electrons. The lowest BCUT2D eigenvalue weighted by atomic mass is 9.99. The molecule has 13 heteroatoms. The number of hydrogen-bond donors (Lipinski definition) is 6. The maximum absolute atomic E-state index is 13.8. The Morgan fingerprint density at radius 3 is 2.46 bits per heavy atom. The Morgan fingerprint density at radius 2 is 1.78 bits per heavy atom. The topological polar surface area (TPSA) is 203 Å². The molecule has 13 nitrogen and oxygen atoms in total. The van der Waals surface area contributed by atoms with E-state index in [0.29, 0.717) is 11.3 Å². The molecular formula is C28H32N2O11. The third-order valence-electron chi connectivity index (χ3n) is 6.83. The smallest absolute Gasteiger partial charge is 0.335 e. The molecule has 2 heterocycles. The summed E-state index contributed by atoms with van der Waals surface area (Å²) in [4.78, 5) is 51.4. The Labute approximate surface area is 241 Å². The summed E-state index contributed by atoms with van der Waals surface area (Å²) in [7, 11) is 0. The number of fused-ring (bicyclic) bond motifs is 1. The molecule has 0 spiro atoms. The van der Waals surface area contributed by atoms with Crippen molar-refractivity contribution in [3.05, 3.63) is 65.6 Å². The first kappa shape index (κ1) is 23.8. The molecule has 6 N–H and O–H groups in total. The molecule has 7 atom stereocenters. The predicted molar refractivity (Wildman–Crippen MR) is 141 cm³/mol. The van der Waals surface area contributed by atoms with Crippen LogP contribution in [-0.2, 0) is 41.5 Å². The highest BCUT2D eigenvalue weighted by atomic mass is 16.7. The summed E-state index contributed by atoms with van der Waals surface area (Å²) in [5, 5.41) is 52.1. The van der Waals surface area contributed by atoms with Crippen molar-refractivity contribution in [2.75, 3.05) is 11.4 Å². The molecule has 220 valence electrons. The number of ether oxygens (including phenoxy) is 2. The minimum absolute atomic E-state index is 0.0853. The maximum atomic E-state index is 13.8. The zero-order chi connectivity index (χ0) is 34.0. The number of para-hydroxylation sites is 1. The van der Waals surface area contributed by atoms with Crippen LogP contribution >= 0.6 is 0 Å². The van der Waals surface area contributed by atoms with Crippen molar-refractivity contribution in [1.82, 2.24) is 5.32 Å². The maximum Gasteiger partial charge on any atom is 0.335 e. The average Bonchev–Trinajstić information content (AvgIpc) is 3.14. The number of hydrogen-bond acceptors (Lipinski definition) is 10. The average molecular weight is 578 g/mol. The number of carboxylic acid groups (broad SMARTS) is 2. The Morgan fingerprint density at radius 1 is 1.07 bits per heavy atom. The standard InChI is InChI=1S/C28H32N2O11/c31-20(40-28-23(34)21(32)22(33)24(41-28)27(38)39)14-30-19-9-5-4-8-16(19)11-13-17(25(30)35)29-18(26(36)37)12-10-15-6-2-1-3-7-15/h1-9,17-18,21-24,28-29,32-34H,10-14H2,(H,36,37)(H,38,39)/t17-,18-,21?,22?,23?,24?,28?/m1/s1/i1D,2D,3D,6D,7D. The first-order chi connectivity index (χ1) is 21.6. The molecule has 1 amide bonds. The van der Waals surface area contributed by atoms with Gasteiger partial charge in [0.2, 0.25) is 12.2 Å². The summed E-state index contributed by atoms with van der Waals surface area (Å²) in [5.74, 6) is -4.98. The molecule has 2 aromatic rings. The Balaban J connectivity index is 1.53. The number of carbonyl (C=O) groups is 4. The second kappa shape index (κ2) is 13.2. The summed E-state index contributed by atoms with van der Waals surface area (Å²) in [6.45, 7) is -0.794. The van der Waals surface area contributed by atoms with E-state index >= 15 is 0 Å². The van der Waals surface area contributed by atoms with Gasteiger partial charge in [-0.1, -0.05) is 48.4 Å². The molecule has 2 aliphatic heterocycles. The first-order valence-electron chi connectivity index (χ1n) is 15.2. The van der Waals surface area contributed by atoms with E-state index in [9.17, 15) is 44.7 Å². The van der Waals surface area contributed by atoms with Crippen LogP contribution < -0.4 is 10.2 Å². The largest absolute Gasteiger partial charge is 0.480 e. The van der Waals surface area contributed by atoms with Crippen molar-refractivity contribution < 1.29 is 61.0 Å². The van der Waals surface area contributed by atoms with Gasteiger partial charge in [-0.2, -0.15) is 0 Å². The molecule has 0 aliphatic carbocycles. The SMILES string of the molecule is [2H]c1c([2H])c([2H])c(CC[C@@H](N[C@@H]2CCc3ccccc3N(CC(=O)OC3OC(C(=O)O)C(O)C(O)C3O)C2=O)C(=O)O)c([2H])c1[2H]. The van der Waals surface area contributed by atoms with Gasteiger partial charge in [0, 0.05) is 5.69 Å². The molecule has 5 unspecified atom stereocenters. The van der Waals surface area contributed by atoms with Gasteiger partial charge in [0.05, 0.1) is 12.9 Å². The molecule has 0 aromatic heterocycles. The number of benzene rings is 2. The minimum atomic E-state index is -2.03. The van der Waals surface area contributed by atoms with Crippen LogP contribution in [0.2, 0.25) is 0 Å². The molecular weight excluding hydrogens is 540 g/mol. The van der Waals surface area contributed by atoms with Crippen molar-refractivity contribution in [2.45, 2.75) is 68.5 Å². The minimum Gasteiger partial charge on any atom is -0.480 e. The summed E-state index contributed by atoms with van der Waals surface area (Å²) >= 11 is 0. The normalized spacial score (nSPS) is 28.6. The van der Waals surface area contributed by atoms with Crippen molar-refractivity contribution >= 4 is 29.5 Å². The number of carboxylic acids is 2. The van der Waals surface area contributed by atoms with Gasteiger partial charge < -0.3 is 35.0 Å². The van der Waals surface area contributed by atoms with E-state index in [1.165, 1.54) is 0 Å². The van der Waals surface area contributed by atoms with Crippen LogP contribution in [0, 0.1) is 0 Å². The Bertz CT molecular complexity index is 1500. The Hall–Kier alpha value is -3.88. The van der Waals surface area contributed by atoms with Gasteiger partial charge in [-0.05, 0) is 42.9 Å². The quantitative estimate of drug-likeness (QED) is 0.197. The third-order valence-corrected chi connectivity index (χ3v) is 6.83. The van der Waals surface area contributed by atoms with Gasteiger partial charge in [-0.25, -0.2) is 4.79 Å². The fraction of sp³-hybridized carbons (Fsp3) is 0.429. The Kier molecular flexibility index (Phi) is 7.65. The van der Waals surface area contributed by atoms with Crippen LogP contribution in [0.5, 0.6) is 0 Å². The number of amides is 1. The molecule has 2 aliphatic rings. The summed E-state index contributed by atoms with van der Waals surface area (Å²) in [6.07, 6.45) is -10.2. The zero-order valence-corrected chi connectivity index (χ0v) is 21.5. The molecule has 41 heavy (non-hydrogen) atoms. The summed E-state index contributed by atoms with van der Waals surface area (Å²) < 4.78 is 49.7. The van der Waals surface area contributed by atoms with Gasteiger partial charge >= 0.3 is 17.9 Å². The molecule has 4 rings (SSSR count). The number of carbonyl (C=O) groups excluding carboxylic acids is 2. The van der Waals surface area contributed by atoms with E-state index in [1.54, 1.807) is 24.3 Å². The third kappa shape index (κ3) is 7.07. The van der Waals surface area contributed by atoms with Crippen LogP contribution in [0.3, 0.4) is 0 Å². The van der Waals surface area contributed by atoms with E-state index < -0.39 is 103 Å². The molecule has 1 saturated heterocycles. The molecule has 0 saturated carbocycles. The number of aryl methyl sites for hydroxylation is 1. The molecule has 1 fully saturated rings. The van der Waals surface area contributed by atoms with Gasteiger partial charge in [0.1, 0.15) is 30.9 Å². The van der Waals surface area contributed by atoms with Crippen LogP contribution in [0.4, 0.5) is 5.69 Å². The fourth-order valence-electron chi connectivity index (χ4n) is 4.69. The van der Waals surface area contributed by atoms with Gasteiger partial charge in [0.25, 0.3) is 0 Å². The number of aliphatic carboxylic acids is 2. The van der Waals surface area contributed by atoms with E-state index in [0.717, 1.165) is 4.90 Å². The van der Waals surface area contributed by atoms with E-state index in [2.05, 4.69) is 5.32 Å². The van der Waals surface area contributed by atoms with Crippen LogP contribution in [0.15, 0.2) is 54.5 Å². The number of anilines is 1. The van der Waals surface area contributed by atoms with Crippen molar-refractivity contribution in [3.63, 3.8) is 0 Å². The lowest BCUT2D eigenvalue weighted by molar-refractivity contribution is -0.285. The highest BCUT2D eigenvalue weighted by Gasteiger charge is 2.49. The lowest BCUT2D eigenvalue weighted by Crippen LogP contribution is -2.61. The predicted octanol–water partition coefficient (Wildman–Crippen LogP) is -0.555. The van der Waals surface area contributed by atoms with E-state index in [-0.39, 0.29) is 31.2 Å². The molecule has 0 bridgehead atoms. The number of nitrogens with one attached hydrogen (secondary N) is 1. The van der Waals surface area contributed by atoms with Crippen molar-refractivity contribution in [3.8, 4) is 0 Å². The zero-order valence-electron chi connectivity index (χ0n) is 26.5. The number of rotatable bonds is 10. The van der Waals surface area contributed by atoms with E-state index in [4.69, 9.17) is 16.3 Å². The lowest BCUT2D eigenvalue weighted by Gasteiger charge is -2.38. The number of esters is 1. The van der Waals surface area contributed by atoms with Gasteiger partial charge in [-0.3, -0.25) is 24.6 Å². The van der Waals surface area contributed by atoms with Crippen LogP contribution in [0.25, 0.3) is 0 Å². The molecule has 2 aromatic carbocycles. The highest BCUT2D eigenvalue weighted by Crippen LogP contribution is 2.28. The van der Waals surface area contributed by atoms with Crippen LogP contribution in [0.1, 0.15) is 30.8 Å². The number of nitrogens with zero attached hydrogens (tertiary/aromatic N) is 1. The van der Waals surface area contributed by atoms with Crippen LogP contribution in [-0.4, -0.2) is 98.7 Å². The summed E-state index contributed by atoms with van der Waals surface area (Å²) in [5.41, 5.74) is 0.832. The van der Waals surface area contributed by atoms with Gasteiger partial charge in [0.15, 0.2) is 6.10 Å². The van der Waals surface area contributed by atoms with E-state index in [1.807, 2.05) is 0 Å². The number of aliphatic hydroxyl groups excluding tert-OH is 3. The van der Waals surface area contributed by atoms with Gasteiger partial charge in [-0.15, -0.1) is 0 Å². The fourth-order valence-corrected chi connectivity index (χ4v) is 4.69. The summed E-state index contributed by atoms with van der Waals surface area (Å²) in [6, 6.07) is 1.29. The first-order valence-corrected chi connectivity index (χ1v) is 12.7. The second-order valence-corrected chi connectivity index (χ2v) is 9.57. The second-order valence-electron chi connectivity index (χ2n) is 9.57. The highest BCUT2D eigenvalue weighted by molar-refractivity contribution is 6.02. The van der Waals surface area contributed by atoms with Crippen molar-refractivity contribution in [1.29, 1.82) is 0 Å². The number of aliphatic hydroxyl groups is 3. The van der Waals surface area contributed by atoms with Crippen molar-refractivity contribution in [2.24, 2.45) is 0 Å². The monoisotopic (exact) mass is 577 g/mol.